The Kier molecular flexibility index (Phi) is 3.98. The van der Waals surface area contributed by atoms with Crippen LogP contribution in [0.15, 0.2) is 24.5 Å². The van der Waals surface area contributed by atoms with Crippen molar-refractivity contribution >= 4 is 5.97 Å². The molecule has 3 N–H and O–H groups in total. The van der Waals surface area contributed by atoms with E-state index >= 15 is 0 Å². The van der Waals surface area contributed by atoms with Gasteiger partial charge in [0.2, 0.25) is 0 Å². The Balaban J connectivity index is 0.000000143. The summed E-state index contributed by atoms with van der Waals surface area (Å²) in [6.07, 6.45) is 10.4. The van der Waals surface area contributed by atoms with Crippen molar-refractivity contribution in [3.8, 4) is 0 Å². The van der Waals surface area contributed by atoms with Crippen molar-refractivity contribution in [2.24, 2.45) is 28.9 Å². The van der Waals surface area contributed by atoms with Gasteiger partial charge in [0.1, 0.15) is 0 Å². The molecule has 4 fully saturated rings. The SMILES string of the molecule is NCc1ccncc1.O=C(O)C12CC3CC(CC(C3)C1)C2. The van der Waals surface area contributed by atoms with Crippen LogP contribution in [0.25, 0.3) is 0 Å². The Morgan fingerprint density at radius 1 is 1.14 bits per heavy atom. The second kappa shape index (κ2) is 5.76. The summed E-state index contributed by atoms with van der Waals surface area (Å²) in [5.41, 5.74) is 6.16. The second-order valence-corrected chi connectivity index (χ2v) is 7.06. The third-order valence-electron chi connectivity index (χ3n) is 5.48. The van der Waals surface area contributed by atoms with Gasteiger partial charge in [-0.3, -0.25) is 9.78 Å². The largest absolute Gasteiger partial charge is 0.481 e. The van der Waals surface area contributed by atoms with Crippen molar-refractivity contribution in [3.05, 3.63) is 30.1 Å². The van der Waals surface area contributed by atoms with Crippen molar-refractivity contribution in [2.75, 3.05) is 0 Å². The fourth-order valence-electron chi connectivity index (χ4n) is 4.89. The number of aliphatic carboxylic acids is 1. The van der Waals surface area contributed by atoms with E-state index in [1.165, 1.54) is 19.3 Å². The Bertz CT molecular complexity index is 465. The average molecular weight is 288 g/mol. The summed E-state index contributed by atoms with van der Waals surface area (Å²) in [6.45, 7) is 0.600. The predicted molar refractivity (Wildman–Crippen MR) is 80.4 cm³/mol. The summed E-state index contributed by atoms with van der Waals surface area (Å²) in [5.74, 6) is 1.75. The number of carbonyl (C=O) groups is 1. The lowest BCUT2D eigenvalue weighted by atomic mass is 9.49. The van der Waals surface area contributed by atoms with Gasteiger partial charge in [-0.1, -0.05) is 0 Å². The van der Waals surface area contributed by atoms with Gasteiger partial charge in [0, 0.05) is 18.9 Å². The molecule has 0 aliphatic heterocycles. The number of pyridine rings is 1. The van der Waals surface area contributed by atoms with Crippen molar-refractivity contribution in [2.45, 2.75) is 45.1 Å². The van der Waals surface area contributed by atoms with E-state index in [1.807, 2.05) is 12.1 Å². The molecule has 0 amide bonds. The zero-order valence-corrected chi connectivity index (χ0v) is 12.4. The first-order valence-electron chi connectivity index (χ1n) is 7.93. The molecule has 5 rings (SSSR count). The van der Waals surface area contributed by atoms with Crippen LogP contribution >= 0.6 is 0 Å². The third kappa shape index (κ3) is 2.95. The van der Waals surface area contributed by atoms with Crippen LogP contribution in [0, 0.1) is 23.2 Å². The van der Waals surface area contributed by atoms with E-state index in [1.54, 1.807) is 12.4 Å². The lowest BCUT2D eigenvalue weighted by molar-refractivity contribution is -0.164. The summed E-state index contributed by atoms with van der Waals surface area (Å²) in [7, 11) is 0. The lowest BCUT2D eigenvalue weighted by Gasteiger charge is -2.54. The van der Waals surface area contributed by atoms with Gasteiger partial charge in [0.15, 0.2) is 0 Å². The van der Waals surface area contributed by atoms with E-state index in [-0.39, 0.29) is 5.41 Å². The van der Waals surface area contributed by atoms with Gasteiger partial charge in [-0.2, -0.15) is 0 Å². The molecule has 0 atom stereocenters. The number of carboxylic acids is 1. The first-order valence-corrected chi connectivity index (χ1v) is 7.93. The number of hydrogen-bond donors (Lipinski definition) is 2. The highest BCUT2D eigenvalue weighted by atomic mass is 16.4. The summed E-state index contributed by atoms with van der Waals surface area (Å²) < 4.78 is 0. The maximum absolute atomic E-state index is 11.3. The van der Waals surface area contributed by atoms with E-state index in [4.69, 9.17) is 5.73 Å². The maximum Gasteiger partial charge on any atom is 0.309 e. The summed E-state index contributed by atoms with van der Waals surface area (Å²) in [5, 5.41) is 9.28. The van der Waals surface area contributed by atoms with Crippen molar-refractivity contribution in [1.29, 1.82) is 0 Å². The van der Waals surface area contributed by atoms with Crippen LogP contribution in [0.2, 0.25) is 0 Å². The molecular weight excluding hydrogens is 264 g/mol. The molecule has 114 valence electrons. The number of carboxylic acid groups (broad SMARTS) is 1. The van der Waals surface area contributed by atoms with E-state index < -0.39 is 5.97 Å². The molecule has 0 spiro atoms. The van der Waals surface area contributed by atoms with Crippen molar-refractivity contribution in [1.82, 2.24) is 4.98 Å². The van der Waals surface area contributed by atoms with Gasteiger partial charge >= 0.3 is 5.97 Å². The van der Waals surface area contributed by atoms with Crippen LogP contribution in [-0.4, -0.2) is 16.1 Å². The molecular formula is C17H24N2O2. The molecule has 4 heteroatoms. The normalized spacial score (nSPS) is 36.0. The summed E-state index contributed by atoms with van der Waals surface area (Å²) >= 11 is 0. The second-order valence-electron chi connectivity index (χ2n) is 7.06. The molecule has 0 aromatic carbocycles. The van der Waals surface area contributed by atoms with E-state index in [2.05, 4.69) is 4.98 Å². The zero-order chi connectivity index (χ0) is 14.9. The van der Waals surface area contributed by atoms with Gasteiger partial charge < -0.3 is 10.8 Å². The smallest absolute Gasteiger partial charge is 0.309 e. The maximum atomic E-state index is 11.3. The Labute approximate surface area is 125 Å². The van der Waals surface area contributed by atoms with E-state index in [9.17, 15) is 9.90 Å². The topological polar surface area (TPSA) is 76.2 Å². The van der Waals surface area contributed by atoms with Gasteiger partial charge in [0.05, 0.1) is 5.41 Å². The Morgan fingerprint density at radius 2 is 1.62 bits per heavy atom. The fraction of sp³-hybridized carbons (Fsp3) is 0.647. The van der Waals surface area contributed by atoms with Crippen LogP contribution in [0.5, 0.6) is 0 Å². The first kappa shape index (κ1) is 14.5. The molecule has 0 unspecified atom stereocenters. The number of hydrogen-bond acceptors (Lipinski definition) is 3. The molecule has 1 heterocycles. The fourth-order valence-corrected chi connectivity index (χ4v) is 4.89. The zero-order valence-electron chi connectivity index (χ0n) is 12.4. The lowest BCUT2D eigenvalue weighted by Crippen LogP contribution is -2.49. The van der Waals surface area contributed by atoms with Crippen molar-refractivity contribution in [3.63, 3.8) is 0 Å². The van der Waals surface area contributed by atoms with Crippen LogP contribution in [0.1, 0.15) is 44.1 Å². The van der Waals surface area contributed by atoms with Crippen molar-refractivity contribution < 1.29 is 9.90 Å². The van der Waals surface area contributed by atoms with Gasteiger partial charge in [-0.15, -0.1) is 0 Å². The predicted octanol–water partition coefficient (Wildman–Crippen LogP) is 2.83. The minimum absolute atomic E-state index is 0.283. The first-order chi connectivity index (χ1) is 10.1. The monoisotopic (exact) mass is 288 g/mol. The van der Waals surface area contributed by atoms with Crippen LogP contribution < -0.4 is 5.73 Å². The molecule has 4 saturated carbocycles. The quantitative estimate of drug-likeness (QED) is 0.877. The molecule has 4 nitrogen and oxygen atoms in total. The van der Waals surface area contributed by atoms with Gasteiger partial charge in [-0.25, -0.2) is 0 Å². The molecule has 0 radical (unpaired) electrons. The highest BCUT2D eigenvalue weighted by Crippen LogP contribution is 2.59. The van der Waals surface area contributed by atoms with E-state index in [0.29, 0.717) is 6.54 Å². The van der Waals surface area contributed by atoms with E-state index in [0.717, 1.165) is 42.6 Å². The molecule has 1 aromatic rings. The standard InChI is InChI=1S/C11H16O2.C6H8N2/c12-10(13)11-4-7-1-8(5-11)3-9(2-7)6-11;7-5-6-1-3-8-4-2-6/h7-9H,1-6H2,(H,12,13);1-4H,5,7H2. The minimum Gasteiger partial charge on any atom is -0.481 e. The molecule has 21 heavy (non-hydrogen) atoms. The molecule has 4 bridgehead atoms. The van der Waals surface area contributed by atoms with Gasteiger partial charge in [-0.05, 0) is 74.0 Å². The summed E-state index contributed by atoms with van der Waals surface area (Å²) in [6, 6.07) is 3.81. The van der Waals surface area contributed by atoms with Gasteiger partial charge in [0.25, 0.3) is 0 Å². The summed E-state index contributed by atoms with van der Waals surface area (Å²) in [4.78, 5) is 15.1. The average Bonchev–Trinajstić information content (AvgIpc) is 2.47. The molecule has 4 aliphatic rings. The minimum atomic E-state index is -0.508. The van der Waals surface area contributed by atoms with Crippen LogP contribution in [0.4, 0.5) is 0 Å². The Morgan fingerprint density at radius 3 is 1.95 bits per heavy atom. The van der Waals surface area contributed by atoms with Crippen LogP contribution in [-0.2, 0) is 11.3 Å². The van der Waals surface area contributed by atoms with Crippen LogP contribution in [0.3, 0.4) is 0 Å². The number of rotatable bonds is 2. The third-order valence-corrected chi connectivity index (χ3v) is 5.48. The molecule has 0 saturated heterocycles. The number of nitrogens with zero attached hydrogens (tertiary/aromatic N) is 1. The highest BCUT2D eigenvalue weighted by molar-refractivity contribution is 5.75. The number of nitrogens with two attached hydrogens (primary N) is 1. The number of aromatic nitrogens is 1. The highest BCUT2D eigenvalue weighted by Gasteiger charge is 2.54. The molecule has 4 aliphatic carbocycles. The Hall–Kier alpha value is -1.42. The molecule has 1 aromatic heterocycles.